The first-order valence-corrected chi connectivity index (χ1v) is 8.42. The second kappa shape index (κ2) is 10.3. The zero-order chi connectivity index (χ0) is 19.2. The molecule has 1 heterocycles. The van der Waals surface area contributed by atoms with Crippen LogP contribution in [-0.4, -0.2) is 26.4 Å². The van der Waals surface area contributed by atoms with Crippen LogP contribution in [0.5, 0.6) is 17.2 Å². The Morgan fingerprint density at radius 1 is 1.14 bits per heavy atom. The molecule has 9 heteroatoms. The molecule has 0 aromatic heterocycles. The predicted octanol–water partition coefficient (Wildman–Crippen LogP) is 3.81. The maximum atomic E-state index is 12.7. The molecule has 152 valence electrons. The van der Waals surface area contributed by atoms with E-state index < -0.39 is 6.61 Å². The van der Waals surface area contributed by atoms with Crippen LogP contribution in [0.1, 0.15) is 16.7 Å². The molecule has 1 aliphatic rings. The Balaban J connectivity index is 0.00000280. The van der Waals surface area contributed by atoms with E-state index in [2.05, 4.69) is 26.4 Å². The van der Waals surface area contributed by atoms with Crippen LogP contribution < -0.4 is 24.8 Å². The minimum absolute atomic E-state index is 0. The quantitative estimate of drug-likeness (QED) is 0.356. The van der Waals surface area contributed by atoms with Crippen LogP contribution >= 0.6 is 24.0 Å². The molecule has 6 nitrogen and oxygen atoms in total. The first kappa shape index (κ1) is 22.0. The zero-order valence-electron chi connectivity index (χ0n) is 15.5. The maximum Gasteiger partial charge on any atom is 0.387 e. The average molecular weight is 505 g/mol. The number of halogens is 3. The number of benzene rings is 2. The molecule has 0 unspecified atom stereocenters. The third-order valence-electron chi connectivity index (χ3n) is 3.98. The van der Waals surface area contributed by atoms with Crippen molar-refractivity contribution in [3.63, 3.8) is 0 Å². The fourth-order valence-electron chi connectivity index (χ4n) is 2.72. The van der Waals surface area contributed by atoms with E-state index >= 15 is 0 Å². The van der Waals surface area contributed by atoms with E-state index in [9.17, 15) is 8.78 Å². The van der Waals surface area contributed by atoms with Crippen molar-refractivity contribution >= 4 is 29.9 Å². The van der Waals surface area contributed by atoms with Crippen molar-refractivity contribution in [1.29, 1.82) is 0 Å². The second-order valence-electron chi connectivity index (χ2n) is 5.96. The Morgan fingerprint density at radius 3 is 2.54 bits per heavy atom. The number of fused-ring (bicyclic) bond motifs is 1. The fraction of sp³-hybridized carbons (Fsp3) is 0.316. The number of ether oxygens (including phenoxy) is 3. The van der Waals surface area contributed by atoms with Gasteiger partial charge in [0.05, 0.1) is 0 Å². The molecular weight excluding hydrogens is 483 g/mol. The normalized spacial score (nSPS) is 12.5. The summed E-state index contributed by atoms with van der Waals surface area (Å²) < 4.78 is 40.6. The highest BCUT2D eigenvalue weighted by atomic mass is 127. The van der Waals surface area contributed by atoms with Crippen molar-refractivity contribution in [2.75, 3.05) is 13.8 Å². The topological polar surface area (TPSA) is 64.1 Å². The molecule has 1 aliphatic heterocycles. The number of nitrogens with one attached hydrogen (secondary N) is 2. The Labute approximate surface area is 179 Å². The molecule has 0 saturated heterocycles. The van der Waals surface area contributed by atoms with Gasteiger partial charge in [0, 0.05) is 31.8 Å². The Kier molecular flexibility index (Phi) is 8.09. The third-order valence-corrected chi connectivity index (χ3v) is 3.98. The van der Waals surface area contributed by atoms with Crippen LogP contribution in [0.25, 0.3) is 0 Å². The van der Waals surface area contributed by atoms with Crippen LogP contribution in [0.15, 0.2) is 41.4 Å². The predicted molar refractivity (Wildman–Crippen MR) is 113 cm³/mol. The number of alkyl halides is 2. The van der Waals surface area contributed by atoms with Gasteiger partial charge in [-0.15, -0.1) is 24.0 Å². The van der Waals surface area contributed by atoms with Gasteiger partial charge in [0.25, 0.3) is 0 Å². The number of hydrogen-bond acceptors (Lipinski definition) is 4. The fourth-order valence-corrected chi connectivity index (χ4v) is 2.72. The number of guanidine groups is 1. The van der Waals surface area contributed by atoms with E-state index in [0.29, 0.717) is 29.6 Å². The lowest BCUT2D eigenvalue weighted by molar-refractivity contribution is -0.0505. The van der Waals surface area contributed by atoms with Gasteiger partial charge in [-0.3, -0.25) is 4.99 Å². The Bertz CT molecular complexity index is 834. The molecule has 2 aromatic carbocycles. The molecule has 0 radical (unpaired) electrons. The van der Waals surface area contributed by atoms with Crippen LogP contribution in [0.3, 0.4) is 0 Å². The minimum atomic E-state index is -2.93. The van der Waals surface area contributed by atoms with Gasteiger partial charge >= 0.3 is 6.61 Å². The van der Waals surface area contributed by atoms with E-state index in [1.54, 1.807) is 13.1 Å². The van der Waals surface area contributed by atoms with Crippen molar-refractivity contribution in [3.05, 3.63) is 53.1 Å². The van der Waals surface area contributed by atoms with Crippen LogP contribution in [0, 0.1) is 6.92 Å². The molecule has 28 heavy (non-hydrogen) atoms. The van der Waals surface area contributed by atoms with E-state index in [4.69, 9.17) is 9.47 Å². The second-order valence-corrected chi connectivity index (χ2v) is 5.96. The van der Waals surface area contributed by atoms with E-state index in [0.717, 1.165) is 5.56 Å². The van der Waals surface area contributed by atoms with Crippen molar-refractivity contribution in [2.45, 2.75) is 26.6 Å². The summed E-state index contributed by atoms with van der Waals surface area (Å²) in [4.78, 5) is 4.15. The smallest absolute Gasteiger partial charge is 0.387 e. The summed E-state index contributed by atoms with van der Waals surface area (Å²) in [6.07, 6.45) is 0. The first-order chi connectivity index (χ1) is 13.0. The molecule has 2 N–H and O–H groups in total. The largest absolute Gasteiger partial charge is 0.454 e. The van der Waals surface area contributed by atoms with Gasteiger partial charge in [-0.05, 0) is 18.6 Å². The lowest BCUT2D eigenvalue weighted by Gasteiger charge is -2.15. The van der Waals surface area contributed by atoms with Crippen molar-refractivity contribution in [1.82, 2.24) is 10.6 Å². The molecule has 0 amide bonds. The number of nitrogens with zero attached hydrogens (tertiary/aromatic N) is 1. The molecular formula is C19H22F2IN3O3. The summed E-state index contributed by atoms with van der Waals surface area (Å²) >= 11 is 0. The first-order valence-electron chi connectivity index (χ1n) is 8.42. The van der Waals surface area contributed by atoms with Gasteiger partial charge in [0.2, 0.25) is 6.79 Å². The summed E-state index contributed by atoms with van der Waals surface area (Å²) in [5.41, 5.74) is 2.80. The van der Waals surface area contributed by atoms with E-state index in [-0.39, 0.29) is 43.1 Å². The van der Waals surface area contributed by atoms with Crippen LogP contribution in [-0.2, 0) is 13.1 Å². The maximum absolute atomic E-state index is 12.7. The lowest BCUT2D eigenvalue weighted by Crippen LogP contribution is -2.36. The van der Waals surface area contributed by atoms with Crippen LogP contribution in [0.2, 0.25) is 0 Å². The highest BCUT2D eigenvalue weighted by Gasteiger charge is 2.20. The highest BCUT2D eigenvalue weighted by Crippen LogP contribution is 2.38. The number of aryl methyl sites for hydroxylation is 1. The zero-order valence-corrected chi connectivity index (χ0v) is 17.8. The molecule has 0 bridgehead atoms. The Hall–Kier alpha value is -2.30. The highest BCUT2D eigenvalue weighted by molar-refractivity contribution is 14.0. The van der Waals surface area contributed by atoms with Gasteiger partial charge < -0.3 is 24.8 Å². The summed E-state index contributed by atoms with van der Waals surface area (Å²) in [5.74, 6) is 1.46. The average Bonchev–Trinajstić information content (AvgIpc) is 3.08. The summed E-state index contributed by atoms with van der Waals surface area (Å²) in [7, 11) is 1.64. The minimum Gasteiger partial charge on any atom is -0.454 e. The van der Waals surface area contributed by atoms with Crippen molar-refractivity contribution < 1.29 is 23.0 Å². The summed E-state index contributed by atoms with van der Waals surface area (Å²) in [5, 5.41) is 6.28. The van der Waals surface area contributed by atoms with Crippen molar-refractivity contribution in [3.8, 4) is 17.2 Å². The number of aliphatic imine (C=N–C) groups is 1. The van der Waals surface area contributed by atoms with Gasteiger partial charge in [-0.1, -0.05) is 29.8 Å². The van der Waals surface area contributed by atoms with Gasteiger partial charge in [-0.25, -0.2) is 0 Å². The Morgan fingerprint density at radius 2 is 1.86 bits per heavy atom. The van der Waals surface area contributed by atoms with E-state index in [1.807, 2.05) is 25.1 Å². The molecule has 0 aliphatic carbocycles. The molecule has 2 aromatic rings. The molecule has 0 spiro atoms. The van der Waals surface area contributed by atoms with Gasteiger partial charge in [0.15, 0.2) is 17.5 Å². The molecule has 0 fully saturated rings. The van der Waals surface area contributed by atoms with Crippen LogP contribution in [0.4, 0.5) is 8.78 Å². The van der Waals surface area contributed by atoms with Crippen molar-refractivity contribution in [2.24, 2.45) is 4.99 Å². The summed E-state index contributed by atoms with van der Waals surface area (Å²) in [6.45, 7) is -0.0292. The number of rotatable bonds is 6. The monoisotopic (exact) mass is 505 g/mol. The van der Waals surface area contributed by atoms with Gasteiger partial charge in [-0.2, -0.15) is 8.78 Å². The molecule has 0 atom stereocenters. The van der Waals surface area contributed by atoms with E-state index in [1.165, 1.54) is 11.6 Å². The molecule has 0 saturated carbocycles. The lowest BCUT2D eigenvalue weighted by atomic mass is 10.1. The summed E-state index contributed by atoms with van der Waals surface area (Å²) in [6, 6.07) is 11.1. The standard InChI is InChI=1S/C19H21F2N3O3.HI/c1-12-4-3-5-13(6-12)9-23-19(22-2)24-10-14-7-16-17(26-11-25-16)8-15(14)27-18(20)21;/h3-8,18H,9-11H2,1-2H3,(H2,22,23,24);1H. The number of hydrogen-bond donors (Lipinski definition) is 2. The van der Waals surface area contributed by atoms with Gasteiger partial charge in [0.1, 0.15) is 5.75 Å². The SMILES string of the molecule is CN=C(NCc1cccc(C)c1)NCc1cc2c(cc1OC(F)F)OCO2.I. The third kappa shape index (κ3) is 5.85. The molecule has 3 rings (SSSR count).